The van der Waals surface area contributed by atoms with E-state index in [1.54, 1.807) is 11.8 Å². The highest BCUT2D eigenvalue weighted by molar-refractivity contribution is 6.08. The predicted octanol–water partition coefficient (Wildman–Crippen LogP) is 4.39. The summed E-state index contributed by atoms with van der Waals surface area (Å²) in [4.78, 5) is 33.5. The van der Waals surface area contributed by atoms with Crippen LogP contribution in [0.15, 0.2) is 84.9 Å². The highest BCUT2D eigenvalue weighted by atomic mass is 16.5. The van der Waals surface area contributed by atoms with Gasteiger partial charge >= 0.3 is 5.97 Å². The zero-order valence-electron chi connectivity index (χ0n) is 18.4. The molecule has 0 N–H and O–H groups in total. The number of ether oxygens (including phenoxy) is 1. The molecule has 5 rings (SSSR count). The predicted molar refractivity (Wildman–Crippen MR) is 127 cm³/mol. The Hall–Kier alpha value is -3.93. The number of nitrogens with zero attached hydrogens (tertiary/aromatic N) is 3. The minimum atomic E-state index is -0.992. The molecule has 0 unspecified atom stereocenters. The fourth-order valence-corrected chi connectivity index (χ4v) is 4.60. The van der Waals surface area contributed by atoms with E-state index in [0.717, 1.165) is 22.2 Å². The van der Waals surface area contributed by atoms with Gasteiger partial charge < -0.3 is 9.30 Å². The SMILES string of the molecule is CCOC(=O)[C@@H]1C(=O)N(CCc2ccccc2)c2nc3ccccc3n2[C@@H]1c1ccccc1. The fourth-order valence-electron chi connectivity index (χ4n) is 4.60. The fraction of sp³-hybridized carbons (Fsp3) is 0.222. The van der Waals surface area contributed by atoms with Crippen molar-refractivity contribution in [3.63, 3.8) is 0 Å². The summed E-state index contributed by atoms with van der Waals surface area (Å²) < 4.78 is 7.42. The Morgan fingerprint density at radius 1 is 0.939 bits per heavy atom. The molecule has 6 heteroatoms. The summed E-state index contributed by atoms with van der Waals surface area (Å²) in [5.74, 6) is -1.22. The van der Waals surface area contributed by atoms with Crippen LogP contribution in [0.4, 0.5) is 5.95 Å². The molecule has 2 atom stereocenters. The van der Waals surface area contributed by atoms with Crippen molar-refractivity contribution in [2.75, 3.05) is 18.1 Å². The molecule has 1 aliphatic rings. The number of fused-ring (bicyclic) bond motifs is 3. The maximum Gasteiger partial charge on any atom is 0.321 e. The van der Waals surface area contributed by atoms with Gasteiger partial charge in [-0.15, -0.1) is 0 Å². The standard InChI is InChI=1S/C27H25N3O3/c1-2-33-26(32)23-24(20-13-7-4-8-14-20)30-22-16-10-9-15-21(22)28-27(30)29(25(23)31)18-17-19-11-5-3-6-12-19/h3-16,23-24H,2,17-18H2,1H3/t23-,24+/m0/s1. The lowest BCUT2D eigenvalue weighted by molar-refractivity contribution is -0.153. The molecule has 0 aliphatic carbocycles. The maximum atomic E-state index is 13.9. The Balaban J connectivity index is 1.67. The maximum absolute atomic E-state index is 13.9. The van der Waals surface area contributed by atoms with Crippen LogP contribution >= 0.6 is 0 Å². The summed E-state index contributed by atoms with van der Waals surface area (Å²) >= 11 is 0. The Labute approximate surface area is 192 Å². The first-order valence-corrected chi connectivity index (χ1v) is 11.2. The summed E-state index contributed by atoms with van der Waals surface area (Å²) in [6.07, 6.45) is 0.654. The zero-order chi connectivity index (χ0) is 22.8. The van der Waals surface area contributed by atoms with Crippen LogP contribution in [0.25, 0.3) is 11.0 Å². The van der Waals surface area contributed by atoms with E-state index >= 15 is 0 Å². The van der Waals surface area contributed by atoms with Crippen molar-refractivity contribution in [1.82, 2.24) is 9.55 Å². The molecule has 1 aromatic heterocycles. The number of aromatic nitrogens is 2. The third kappa shape index (κ3) is 3.78. The number of hydrogen-bond donors (Lipinski definition) is 0. The van der Waals surface area contributed by atoms with Gasteiger partial charge in [-0.2, -0.15) is 0 Å². The summed E-state index contributed by atoms with van der Waals surface area (Å²) in [6.45, 7) is 2.39. The molecule has 4 aromatic rings. The van der Waals surface area contributed by atoms with Gasteiger partial charge in [-0.1, -0.05) is 72.8 Å². The molecule has 1 aliphatic heterocycles. The van der Waals surface area contributed by atoms with E-state index in [-0.39, 0.29) is 12.5 Å². The van der Waals surface area contributed by atoms with Crippen LogP contribution in [0, 0.1) is 5.92 Å². The van der Waals surface area contributed by atoms with Crippen molar-refractivity contribution < 1.29 is 14.3 Å². The number of anilines is 1. The normalized spacial score (nSPS) is 17.7. The van der Waals surface area contributed by atoms with E-state index in [1.807, 2.05) is 89.5 Å². The van der Waals surface area contributed by atoms with Crippen molar-refractivity contribution in [2.24, 2.45) is 5.92 Å². The molecule has 0 saturated heterocycles. The van der Waals surface area contributed by atoms with Crippen LogP contribution in [0.3, 0.4) is 0 Å². The molecule has 0 bridgehead atoms. The summed E-state index contributed by atoms with van der Waals surface area (Å²) in [5.41, 5.74) is 3.66. The molecular weight excluding hydrogens is 414 g/mol. The molecule has 0 spiro atoms. The molecule has 166 valence electrons. The number of benzene rings is 3. The summed E-state index contributed by atoms with van der Waals surface area (Å²) in [5, 5.41) is 0. The van der Waals surface area contributed by atoms with Gasteiger partial charge in [0.25, 0.3) is 0 Å². The highest BCUT2D eigenvalue weighted by Crippen LogP contribution is 2.41. The number of amides is 1. The molecule has 1 amide bonds. The molecule has 0 radical (unpaired) electrons. The minimum absolute atomic E-state index is 0.214. The van der Waals surface area contributed by atoms with E-state index < -0.39 is 17.9 Å². The Bertz CT molecular complexity index is 1280. The molecule has 2 heterocycles. The van der Waals surface area contributed by atoms with Gasteiger partial charge in [-0.05, 0) is 36.6 Å². The van der Waals surface area contributed by atoms with Gasteiger partial charge in [0.1, 0.15) is 0 Å². The summed E-state index contributed by atoms with van der Waals surface area (Å²) in [6, 6.07) is 26.9. The van der Waals surface area contributed by atoms with E-state index in [0.29, 0.717) is 18.9 Å². The lowest BCUT2D eigenvalue weighted by atomic mass is 9.89. The highest BCUT2D eigenvalue weighted by Gasteiger charge is 2.47. The Kier molecular flexibility index (Phi) is 5.65. The van der Waals surface area contributed by atoms with Crippen LogP contribution in [0.5, 0.6) is 0 Å². The van der Waals surface area contributed by atoms with E-state index in [2.05, 4.69) is 0 Å². The number of imidazole rings is 1. The largest absolute Gasteiger partial charge is 0.465 e. The molecule has 0 saturated carbocycles. The zero-order valence-corrected chi connectivity index (χ0v) is 18.4. The van der Waals surface area contributed by atoms with Crippen molar-refractivity contribution >= 4 is 28.9 Å². The van der Waals surface area contributed by atoms with Gasteiger partial charge in [-0.3, -0.25) is 14.5 Å². The van der Waals surface area contributed by atoms with Crippen molar-refractivity contribution in [3.8, 4) is 0 Å². The molecule has 3 aromatic carbocycles. The average Bonchev–Trinajstić information content (AvgIpc) is 3.23. The lowest BCUT2D eigenvalue weighted by Gasteiger charge is -2.38. The van der Waals surface area contributed by atoms with Crippen molar-refractivity contribution in [2.45, 2.75) is 19.4 Å². The lowest BCUT2D eigenvalue weighted by Crippen LogP contribution is -2.50. The van der Waals surface area contributed by atoms with Gasteiger partial charge in [-0.25, -0.2) is 4.98 Å². The first kappa shape index (κ1) is 20.9. The average molecular weight is 440 g/mol. The second kappa shape index (κ2) is 8.90. The van der Waals surface area contributed by atoms with Crippen LogP contribution in [-0.2, 0) is 20.7 Å². The first-order chi connectivity index (χ1) is 16.2. The van der Waals surface area contributed by atoms with Gasteiger partial charge in [0.2, 0.25) is 11.9 Å². The number of para-hydroxylation sites is 2. The van der Waals surface area contributed by atoms with Gasteiger partial charge in [0.05, 0.1) is 23.7 Å². The number of carbonyl (C=O) groups is 2. The Morgan fingerprint density at radius 3 is 2.33 bits per heavy atom. The van der Waals surface area contributed by atoms with Crippen LogP contribution in [0.1, 0.15) is 24.1 Å². The van der Waals surface area contributed by atoms with Crippen molar-refractivity contribution in [3.05, 3.63) is 96.1 Å². The smallest absolute Gasteiger partial charge is 0.321 e. The van der Waals surface area contributed by atoms with E-state index in [9.17, 15) is 9.59 Å². The third-order valence-electron chi connectivity index (χ3n) is 6.09. The third-order valence-corrected chi connectivity index (χ3v) is 6.09. The van der Waals surface area contributed by atoms with E-state index in [4.69, 9.17) is 9.72 Å². The first-order valence-electron chi connectivity index (χ1n) is 11.2. The minimum Gasteiger partial charge on any atom is -0.465 e. The Morgan fingerprint density at radius 2 is 1.61 bits per heavy atom. The molecule has 33 heavy (non-hydrogen) atoms. The van der Waals surface area contributed by atoms with Crippen LogP contribution in [-0.4, -0.2) is 34.6 Å². The quantitative estimate of drug-likeness (QED) is 0.330. The number of rotatable bonds is 6. The van der Waals surface area contributed by atoms with Gasteiger partial charge in [0, 0.05) is 6.54 Å². The van der Waals surface area contributed by atoms with Gasteiger partial charge in [0.15, 0.2) is 5.92 Å². The second-order valence-electron chi connectivity index (χ2n) is 8.08. The number of carbonyl (C=O) groups excluding carboxylic acids is 2. The molecule has 0 fully saturated rings. The molecule has 6 nitrogen and oxygen atoms in total. The second-order valence-corrected chi connectivity index (χ2v) is 8.08. The molecular formula is C27H25N3O3. The summed E-state index contributed by atoms with van der Waals surface area (Å²) in [7, 11) is 0. The van der Waals surface area contributed by atoms with Crippen LogP contribution in [0.2, 0.25) is 0 Å². The topological polar surface area (TPSA) is 64.4 Å². The van der Waals surface area contributed by atoms with E-state index in [1.165, 1.54) is 0 Å². The number of hydrogen-bond acceptors (Lipinski definition) is 4. The number of esters is 1. The monoisotopic (exact) mass is 439 g/mol. The van der Waals surface area contributed by atoms with Crippen molar-refractivity contribution in [1.29, 1.82) is 0 Å². The van der Waals surface area contributed by atoms with Crippen LogP contribution < -0.4 is 4.90 Å².